The minimum Gasteiger partial charge on any atom is -0.481 e. The van der Waals surface area contributed by atoms with Crippen molar-refractivity contribution < 1.29 is 14.6 Å². The van der Waals surface area contributed by atoms with E-state index in [9.17, 15) is 4.79 Å². The average Bonchev–Trinajstić information content (AvgIpc) is 2.44. The standard InChI is InChI=1S/C14H13ClN2O3/c1-20-14-10(5-6-12(18)19)8-16-13(17-14)9-3-2-4-11(15)7-9/h2-4,7-8H,5-6H2,1H3,(H,18,19). The van der Waals surface area contributed by atoms with Crippen molar-refractivity contribution in [3.63, 3.8) is 0 Å². The number of aromatic nitrogens is 2. The van der Waals surface area contributed by atoms with Gasteiger partial charge in [0.15, 0.2) is 5.82 Å². The second-order valence-electron chi connectivity index (χ2n) is 4.13. The molecule has 1 aromatic carbocycles. The molecule has 0 fully saturated rings. The van der Waals surface area contributed by atoms with Crippen LogP contribution in [0.15, 0.2) is 30.5 Å². The summed E-state index contributed by atoms with van der Waals surface area (Å²) in [7, 11) is 1.49. The molecule has 5 nitrogen and oxygen atoms in total. The van der Waals surface area contributed by atoms with Gasteiger partial charge in [-0.05, 0) is 18.6 Å². The lowest BCUT2D eigenvalue weighted by molar-refractivity contribution is -0.136. The van der Waals surface area contributed by atoms with Crippen LogP contribution < -0.4 is 4.74 Å². The molecule has 1 aromatic heterocycles. The molecular weight excluding hydrogens is 280 g/mol. The molecule has 0 saturated heterocycles. The van der Waals surface area contributed by atoms with Crippen LogP contribution in [0.3, 0.4) is 0 Å². The number of hydrogen-bond acceptors (Lipinski definition) is 4. The van der Waals surface area contributed by atoms with Crippen molar-refractivity contribution >= 4 is 17.6 Å². The van der Waals surface area contributed by atoms with Gasteiger partial charge in [0.2, 0.25) is 5.88 Å². The third-order valence-electron chi connectivity index (χ3n) is 2.71. The Hall–Kier alpha value is -2.14. The number of methoxy groups -OCH3 is 1. The Labute approximate surface area is 121 Å². The summed E-state index contributed by atoms with van der Waals surface area (Å²) in [5.74, 6) is 0.00520. The normalized spacial score (nSPS) is 10.3. The van der Waals surface area contributed by atoms with Crippen molar-refractivity contribution in [2.75, 3.05) is 7.11 Å². The van der Waals surface area contributed by atoms with Crippen LogP contribution in [-0.2, 0) is 11.2 Å². The van der Waals surface area contributed by atoms with Crippen molar-refractivity contribution in [2.24, 2.45) is 0 Å². The SMILES string of the molecule is COc1nc(-c2cccc(Cl)c2)ncc1CCC(=O)O. The third-order valence-corrected chi connectivity index (χ3v) is 2.94. The van der Waals surface area contributed by atoms with Gasteiger partial charge in [-0.3, -0.25) is 4.79 Å². The lowest BCUT2D eigenvalue weighted by atomic mass is 10.1. The first-order chi connectivity index (χ1) is 9.60. The highest BCUT2D eigenvalue weighted by molar-refractivity contribution is 6.30. The van der Waals surface area contributed by atoms with Crippen molar-refractivity contribution in [3.05, 3.63) is 41.0 Å². The van der Waals surface area contributed by atoms with E-state index in [2.05, 4.69) is 9.97 Å². The zero-order chi connectivity index (χ0) is 14.5. The number of ether oxygens (including phenoxy) is 1. The smallest absolute Gasteiger partial charge is 0.303 e. The number of aliphatic carboxylic acids is 1. The summed E-state index contributed by atoms with van der Waals surface area (Å²) >= 11 is 5.93. The maximum absolute atomic E-state index is 10.6. The van der Waals surface area contributed by atoms with Crippen molar-refractivity contribution in [1.82, 2.24) is 9.97 Å². The fourth-order valence-corrected chi connectivity index (χ4v) is 1.94. The maximum atomic E-state index is 10.6. The predicted octanol–water partition coefficient (Wildman–Crippen LogP) is 2.82. The Morgan fingerprint density at radius 3 is 2.90 bits per heavy atom. The highest BCUT2D eigenvalue weighted by Crippen LogP contribution is 2.23. The van der Waals surface area contributed by atoms with Gasteiger partial charge in [0.05, 0.1) is 7.11 Å². The van der Waals surface area contributed by atoms with Crippen molar-refractivity contribution in [2.45, 2.75) is 12.8 Å². The number of halogens is 1. The molecule has 0 aliphatic rings. The first-order valence-corrected chi connectivity index (χ1v) is 6.35. The van der Waals surface area contributed by atoms with Crippen LogP contribution in [0.2, 0.25) is 5.02 Å². The summed E-state index contributed by atoms with van der Waals surface area (Å²) in [6.07, 6.45) is 1.93. The fraction of sp³-hybridized carbons (Fsp3) is 0.214. The van der Waals surface area contributed by atoms with Gasteiger partial charge in [0, 0.05) is 28.8 Å². The van der Waals surface area contributed by atoms with Crippen LogP contribution in [-0.4, -0.2) is 28.2 Å². The van der Waals surface area contributed by atoms with Gasteiger partial charge >= 0.3 is 5.97 Å². The topological polar surface area (TPSA) is 72.3 Å². The molecule has 0 unspecified atom stereocenters. The van der Waals surface area contributed by atoms with Gasteiger partial charge in [0.1, 0.15) is 0 Å². The molecule has 0 spiro atoms. The lowest BCUT2D eigenvalue weighted by Crippen LogP contribution is -2.03. The molecule has 0 atom stereocenters. The van der Waals surface area contributed by atoms with E-state index >= 15 is 0 Å². The molecule has 0 radical (unpaired) electrons. The Morgan fingerprint density at radius 1 is 1.45 bits per heavy atom. The minimum absolute atomic E-state index is 0.0102. The van der Waals surface area contributed by atoms with Gasteiger partial charge in [-0.15, -0.1) is 0 Å². The number of nitrogens with zero attached hydrogens (tertiary/aromatic N) is 2. The second kappa shape index (κ2) is 6.34. The molecule has 2 rings (SSSR count). The minimum atomic E-state index is -0.869. The van der Waals surface area contributed by atoms with Gasteiger partial charge < -0.3 is 9.84 Å². The van der Waals surface area contributed by atoms with Crippen LogP contribution in [0.1, 0.15) is 12.0 Å². The van der Waals surface area contributed by atoms with E-state index in [0.717, 1.165) is 5.56 Å². The van der Waals surface area contributed by atoms with E-state index in [4.69, 9.17) is 21.4 Å². The Bertz CT molecular complexity index is 632. The Morgan fingerprint density at radius 2 is 2.25 bits per heavy atom. The summed E-state index contributed by atoms with van der Waals surface area (Å²) in [6, 6.07) is 7.18. The summed E-state index contributed by atoms with van der Waals surface area (Å²) < 4.78 is 5.19. The van der Waals surface area contributed by atoms with E-state index in [1.54, 1.807) is 18.3 Å². The summed E-state index contributed by atoms with van der Waals surface area (Å²) in [5, 5.41) is 9.30. The number of rotatable bonds is 5. The molecule has 0 aliphatic carbocycles. The van der Waals surface area contributed by atoms with Crippen LogP contribution in [0.4, 0.5) is 0 Å². The van der Waals surface area contributed by atoms with Gasteiger partial charge in [0.25, 0.3) is 0 Å². The number of benzene rings is 1. The summed E-state index contributed by atoms with van der Waals surface area (Å²) in [6.45, 7) is 0. The van der Waals surface area contributed by atoms with Crippen LogP contribution >= 0.6 is 11.6 Å². The molecule has 0 aliphatic heterocycles. The number of hydrogen-bond donors (Lipinski definition) is 1. The molecular formula is C14H13ClN2O3. The number of carboxylic acids is 1. The van der Waals surface area contributed by atoms with E-state index in [0.29, 0.717) is 28.7 Å². The lowest BCUT2D eigenvalue weighted by Gasteiger charge is -2.08. The molecule has 20 heavy (non-hydrogen) atoms. The first-order valence-electron chi connectivity index (χ1n) is 5.98. The van der Waals surface area contributed by atoms with Gasteiger partial charge in [-0.1, -0.05) is 23.7 Å². The largest absolute Gasteiger partial charge is 0.481 e. The molecule has 0 saturated carbocycles. The van der Waals surface area contributed by atoms with Crippen LogP contribution in [0.25, 0.3) is 11.4 Å². The Kier molecular flexibility index (Phi) is 4.53. The molecule has 2 aromatic rings. The van der Waals surface area contributed by atoms with Crippen LogP contribution in [0.5, 0.6) is 5.88 Å². The molecule has 104 valence electrons. The van der Waals surface area contributed by atoms with E-state index < -0.39 is 5.97 Å². The second-order valence-corrected chi connectivity index (χ2v) is 4.57. The zero-order valence-corrected chi connectivity index (χ0v) is 11.6. The first kappa shape index (κ1) is 14.3. The monoisotopic (exact) mass is 292 g/mol. The predicted molar refractivity (Wildman–Crippen MR) is 75.0 cm³/mol. The quantitative estimate of drug-likeness (QED) is 0.917. The average molecular weight is 293 g/mol. The molecule has 0 bridgehead atoms. The van der Waals surface area contributed by atoms with Crippen LogP contribution in [0, 0.1) is 0 Å². The summed E-state index contributed by atoms with van der Waals surface area (Å²) in [4.78, 5) is 19.1. The fourth-order valence-electron chi connectivity index (χ4n) is 1.75. The van der Waals surface area contributed by atoms with E-state index in [1.165, 1.54) is 7.11 Å². The number of carboxylic acid groups (broad SMARTS) is 1. The highest BCUT2D eigenvalue weighted by Gasteiger charge is 2.11. The summed E-state index contributed by atoms with van der Waals surface area (Å²) in [5.41, 5.74) is 1.45. The Balaban J connectivity index is 2.31. The number of aryl methyl sites for hydroxylation is 1. The zero-order valence-electron chi connectivity index (χ0n) is 10.8. The van der Waals surface area contributed by atoms with Crippen molar-refractivity contribution in [3.8, 4) is 17.3 Å². The third kappa shape index (κ3) is 3.45. The highest BCUT2D eigenvalue weighted by atomic mass is 35.5. The van der Waals surface area contributed by atoms with Gasteiger partial charge in [-0.25, -0.2) is 4.98 Å². The molecule has 1 N–H and O–H groups in total. The number of carbonyl (C=O) groups is 1. The molecule has 1 heterocycles. The van der Waals surface area contributed by atoms with Gasteiger partial charge in [-0.2, -0.15) is 4.98 Å². The van der Waals surface area contributed by atoms with E-state index in [-0.39, 0.29) is 6.42 Å². The molecule has 6 heteroatoms. The molecule has 0 amide bonds. The van der Waals surface area contributed by atoms with E-state index in [1.807, 2.05) is 12.1 Å². The van der Waals surface area contributed by atoms with Crippen molar-refractivity contribution in [1.29, 1.82) is 0 Å². The maximum Gasteiger partial charge on any atom is 0.303 e.